The van der Waals surface area contributed by atoms with Gasteiger partial charge in [-0.05, 0) is 42.2 Å². The molecule has 2 aromatic rings. The predicted octanol–water partition coefficient (Wildman–Crippen LogP) is 2.80. The third-order valence-corrected chi connectivity index (χ3v) is 4.90. The van der Waals surface area contributed by atoms with Gasteiger partial charge < -0.3 is 14.7 Å². The Morgan fingerprint density at radius 3 is 2.46 bits per heavy atom. The van der Waals surface area contributed by atoms with E-state index in [-0.39, 0.29) is 12.3 Å². The number of methoxy groups -OCH3 is 1. The first-order chi connectivity index (χ1) is 12.5. The first-order valence-corrected chi connectivity index (χ1v) is 8.74. The van der Waals surface area contributed by atoms with E-state index in [1.54, 1.807) is 12.1 Å². The fraction of sp³-hybridized carbons (Fsp3) is 0.333. The van der Waals surface area contributed by atoms with Crippen LogP contribution in [0.25, 0.3) is 11.1 Å². The maximum atomic E-state index is 12.9. The topological polar surface area (TPSA) is 66.8 Å². The number of hydrogen-bond donors (Lipinski definition) is 1. The van der Waals surface area contributed by atoms with Crippen LogP contribution in [0, 0.1) is 6.92 Å². The van der Waals surface area contributed by atoms with Crippen molar-refractivity contribution in [1.82, 2.24) is 4.90 Å². The van der Waals surface area contributed by atoms with E-state index in [2.05, 4.69) is 0 Å². The lowest BCUT2D eigenvalue weighted by atomic mass is 9.97. The molecular weight excluding hydrogens is 330 g/mol. The molecule has 0 unspecified atom stereocenters. The number of amides is 1. The van der Waals surface area contributed by atoms with Gasteiger partial charge in [0.2, 0.25) is 0 Å². The molecular formula is C21H23NO4. The molecule has 136 valence electrons. The number of aliphatic hydroxyl groups is 1. The molecule has 1 aliphatic rings. The van der Waals surface area contributed by atoms with Crippen LogP contribution in [0.3, 0.4) is 0 Å². The number of rotatable bonds is 3. The molecule has 1 fully saturated rings. The number of aliphatic hydroxyl groups excluding tert-OH is 1. The maximum absolute atomic E-state index is 12.9. The lowest BCUT2D eigenvalue weighted by Gasteiger charge is -2.36. The summed E-state index contributed by atoms with van der Waals surface area (Å²) in [7, 11) is 1.29. The van der Waals surface area contributed by atoms with E-state index in [4.69, 9.17) is 4.74 Å². The minimum atomic E-state index is -0.743. The highest BCUT2D eigenvalue weighted by Crippen LogP contribution is 2.25. The van der Waals surface area contributed by atoms with E-state index >= 15 is 0 Å². The second-order valence-electron chi connectivity index (χ2n) is 6.61. The third kappa shape index (κ3) is 3.63. The standard InChI is InChI=1S/C21H23NO4/c1-14-5-3-4-6-18(14)15-7-9-16(10-8-15)20(24)22-12-11-17(23)13-19(22)21(25)26-2/h3-10,17,19,23H,11-13H2,1-2H3/t17-,19+/m0/s1. The van der Waals surface area contributed by atoms with Crippen molar-refractivity contribution in [3.05, 3.63) is 59.7 Å². The summed E-state index contributed by atoms with van der Waals surface area (Å²) in [6, 6.07) is 14.7. The van der Waals surface area contributed by atoms with Gasteiger partial charge in [0.1, 0.15) is 6.04 Å². The van der Waals surface area contributed by atoms with E-state index in [1.807, 2.05) is 43.3 Å². The average molecular weight is 353 g/mol. The van der Waals surface area contributed by atoms with Gasteiger partial charge in [-0.3, -0.25) is 4.79 Å². The highest BCUT2D eigenvalue weighted by Gasteiger charge is 2.36. The van der Waals surface area contributed by atoms with Gasteiger partial charge >= 0.3 is 5.97 Å². The Hall–Kier alpha value is -2.66. The fourth-order valence-corrected chi connectivity index (χ4v) is 3.40. The molecule has 1 aliphatic heterocycles. The molecule has 1 N–H and O–H groups in total. The Morgan fingerprint density at radius 1 is 1.12 bits per heavy atom. The van der Waals surface area contributed by atoms with Crippen LogP contribution in [0.1, 0.15) is 28.8 Å². The van der Waals surface area contributed by atoms with Crippen molar-refractivity contribution in [2.24, 2.45) is 0 Å². The number of likely N-dealkylation sites (tertiary alicyclic amines) is 1. The number of carbonyl (C=O) groups excluding carboxylic acids is 2. The number of benzene rings is 2. The normalized spacial score (nSPS) is 19.9. The van der Waals surface area contributed by atoms with E-state index in [9.17, 15) is 14.7 Å². The molecule has 2 atom stereocenters. The third-order valence-electron chi connectivity index (χ3n) is 4.90. The van der Waals surface area contributed by atoms with Crippen molar-refractivity contribution in [1.29, 1.82) is 0 Å². The number of nitrogens with zero attached hydrogens (tertiary/aromatic N) is 1. The number of esters is 1. The largest absolute Gasteiger partial charge is 0.467 e. The van der Waals surface area contributed by atoms with Gasteiger partial charge in [0.05, 0.1) is 13.2 Å². The molecule has 0 spiro atoms. The maximum Gasteiger partial charge on any atom is 0.328 e. The minimum Gasteiger partial charge on any atom is -0.467 e. The Balaban J connectivity index is 1.83. The van der Waals surface area contributed by atoms with Crippen LogP contribution in [-0.2, 0) is 9.53 Å². The first kappa shape index (κ1) is 18.1. The van der Waals surface area contributed by atoms with E-state index in [1.165, 1.54) is 17.6 Å². The molecule has 0 aromatic heterocycles. The second kappa shape index (κ2) is 7.70. The number of aryl methyl sites for hydroxylation is 1. The van der Waals surface area contributed by atoms with E-state index in [0.29, 0.717) is 18.5 Å². The van der Waals surface area contributed by atoms with Gasteiger partial charge in [0.25, 0.3) is 5.91 Å². The molecule has 0 bridgehead atoms. The molecule has 2 aromatic carbocycles. The van der Waals surface area contributed by atoms with Crippen molar-refractivity contribution >= 4 is 11.9 Å². The van der Waals surface area contributed by atoms with Gasteiger partial charge in [-0.2, -0.15) is 0 Å². The summed E-state index contributed by atoms with van der Waals surface area (Å²) in [5.74, 6) is -0.711. The Morgan fingerprint density at radius 2 is 1.81 bits per heavy atom. The molecule has 3 rings (SSSR count). The van der Waals surface area contributed by atoms with Gasteiger partial charge in [0, 0.05) is 18.5 Å². The summed E-state index contributed by atoms with van der Waals surface area (Å²) in [5, 5.41) is 9.84. The van der Waals surface area contributed by atoms with Crippen molar-refractivity contribution in [2.75, 3.05) is 13.7 Å². The zero-order chi connectivity index (χ0) is 18.7. The van der Waals surface area contributed by atoms with Crippen molar-refractivity contribution < 1.29 is 19.4 Å². The smallest absolute Gasteiger partial charge is 0.328 e. The zero-order valence-electron chi connectivity index (χ0n) is 15.0. The second-order valence-corrected chi connectivity index (χ2v) is 6.61. The van der Waals surface area contributed by atoms with Crippen LogP contribution in [0.2, 0.25) is 0 Å². The van der Waals surface area contributed by atoms with Crippen molar-refractivity contribution in [3.63, 3.8) is 0 Å². The molecule has 0 saturated carbocycles. The van der Waals surface area contributed by atoms with Crippen molar-refractivity contribution in [3.8, 4) is 11.1 Å². The number of carbonyl (C=O) groups is 2. The Kier molecular flexibility index (Phi) is 5.38. The van der Waals surface area contributed by atoms with Crippen molar-refractivity contribution in [2.45, 2.75) is 31.9 Å². The zero-order valence-corrected chi connectivity index (χ0v) is 15.0. The molecule has 5 heteroatoms. The summed E-state index contributed by atoms with van der Waals surface area (Å²) in [6.45, 7) is 2.38. The number of piperidine rings is 1. The summed E-state index contributed by atoms with van der Waals surface area (Å²) < 4.78 is 4.80. The lowest BCUT2D eigenvalue weighted by Crippen LogP contribution is -2.51. The number of hydrogen-bond acceptors (Lipinski definition) is 4. The molecule has 0 aliphatic carbocycles. The van der Waals surface area contributed by atoms with E-state index in [0.717, 1.165) is 11.1 Å². The van der Waals surface area contributed by atoms with Gasteiger partial charge in [-0.15, -0.1) is 0 Å². The van der Waals surface area contributed by atoms with E-state index < -0.39 is 18.1 Å². The van der Waals surface area contributed by atoms with Gasteiger partial charge in [-0.25, -0.2) is 4.79 Å². The molecule has 26 heavy (non-hydrogen) atoms. The monoisotopic (exact) mass is 353 g/mol. The van der Waals surface area contributed by atoms with Crippen LogP contribution in [0.4, 0.5) is 0 Å². The summed E-state index contributed by atoms with van der Waals surface area (Å²) in [4.78, 5) is 26.4. The molecule has 1 saturated heterocycles. The summed E-state index contributed by atoms with van der Waals surface area (Å²) in [6.07, 6.45) is 0.0758. The summed E-state index contributed by atoms with van der Waals surface area (Å²) >= 11 is 0. The SMILES string of the molecule is COC(=O)[C@H]1C[C@@H](O)CCN1C(=O)c1ccc(-c2ccccc2C)cc1. The van der Waals surface area contributed by atoms with Gasteiger partial charge in [-0.1, -0.05) is 36.4 Å². The predicted molar refractivity (Wildman–Crippen MR) is 98.7 cm³/mol. The van der Waals surface area contributed by atoms with Crippen LogP contribution in [0.5, 0.6) is 0 Å². The van der Waals surface area contributed by atoms with Crippen LogP contribution in [-0.4, -0.2) is 47.7 Å². The Bertz CT molecular complexity index is 800. The fourth-order valence-electron chi connectivity index (χ4n) is 3.40. The molecule has 0 radical (unpaired) electrons. The highest BCUT2D eigenvalue weighted by molar-refractivity contribution is 5.97. The highest BCUT2D eigenvalue weighted by atomic mass is 16.5. The average Bonchev–Trinajstić information content (AvgIpc) is 2.67. The lowest BCUT2D eigenvalue weighted by molar-refractivity contribution is -0.148. The summed E-state index contributed by atoms with van der Waals surface area (Å²) in [5.41, 5.74) is 3.85. The Labute approximate surface area is 153 Å². The number of ether oxygens (including phenoxy) is 1. The van der Waals surface area contributed by atoms with Crippen LogP contribution >= 0.6 is 0 Å². The first-order valence-electron chi connectivity index (χ1n) is 8.74. The molecule has 5 nitrogen and oxygen atoms in total. The molecule has 1 amide bonds. The molecule has 1 heterocycles. The van der Waals surface area contributed by atoms with Crippen LogP contribution < -0.4 is 0 Å². The minimum absolute atomic E-state index is 0.208. The van der Waals surface area contributed by atoms with Gasteiger partial charge in [0.15, 0.2) is 0 Å². The quantitative estimate of drug-likeness (QED) is 0.862. The van der Waals surface area contributed by atoms with Crippen LogP contribution in [0.15, 0.2) is 48.5 Å².